The Labute approximate surface area is 196 Å². The van der Waals surface area contributed by atoms with E-state index in [1.54, 1.807) is 31.2 Å². The van der Waals surface area contributed by atoms with E-state index in [-0.39, 0.29) is 11.3 Å². The molecule has 1 aliphatic rings. The third kappa shape index (κ3) is 4.27. The number of allylic oxidation sites excluding steroid dienone is 1. The van der Waals surface area contributed by atoms with E-state index in [4.69, 9.17) is 14.2 Å². The van der Waals surface area contributed by atoms with Crippen molar-refractivity contribution in [2.75, 3.05) is 14.2 Å². The van der Waals surface area contributed by atoms with Crippen molar-refractivity contribution in [3.05, 3.63) is 77.1 Å². The Hall–Kier alpha value is -3.50. The maximum absolute atomic E-state index is 13.5. The van der Waals surface area contributed by atoms with Crippen LogP contribution < -0.4 is 24.4 Å². The van der Waals surface area contributed by atoms with Crippen molar-refractivity contribution in [3.8, 4) is 11.5 Å². The minimum absolute atomic E-state index is 0.256. The van der Waals surface area contributed by atoms with Gasteiger partial charge in [0.2, 0.25) is 0 Å². The molecule has 3 heterocycles. The van der Waals surface area contributed by atoms with Gasteiger partial charge in [0.15, 0.2) is 16.3 Å². The maximum atomic E-state index is 13.5. The van der Waals surface area contributed by atoms with E-state index >= 15 is 0 Å². The lowest BCUT2D eigenvalue weighted by atomic mass is 10.0. The van der Waals surface area contributed by atoms with Gasteiger partial charge in [-0.25, -0.2) is 9.79 Å². The van der Waals surface area contributed by atoms with Crippen molar-refractivity contribution in [3.63, 3.8) is 0 Å². The molecule has 1 atom stereocenters. The van der Waals surface area contributed by atoms with Crippen molar-refractivity contribution in [2.24, 2.45) is 4.99 Å². The molecule has 0 saturated heterocycles. The van der Waals surface area contributed by atoms with Crippen LogP contribution in [0.2, 0.25) is 0 Å². The van der Waals surface area contributed by atoms with E-state index in [9.17, 15) is 14.4 Å². The number of ether oxygens (including phenoxy) is 3. The predicted octanol–water partition coefficient (Wildman–Crippen LogP) is 2.40. The molecule has 170 valence electrons. The first-order valence-electron chi connectivity index (χ1n) is 9.84. The van der Waals surface area contributed by atoms with Crippen LogP contribution in [0.3, 0.4) is 0 Å². The molecular weight excluding hydrogens is 464 g/mol. The standard InChI is InChI=1S/C23H20N2O6S2/c1-12-19(22(28)30-4)20(17-6-5-9-32-17)25-21(27)18(33-23(25)24-12)11-14-7-8-15(29-3)16(10-14)31-13(2)26/h5-11,20H,1-4H3/b18-11+/t20-/m0/s1. The minimum Gasteiger partial charge on any atom is -0.493 e. The van der Waals surface area contributed by atoms with Crippen LogP contribution in [-0.4, -0.2) is 30.7 Å². The van der Waals surface area contributed by atoms with Gasteiger partial charge >= 0.3 is 11.9 Å². The lowest BCUT2D eigenvalue weighted by Crippen LogP contribution is -2.39. The van der Waals surface area contributed by atoms with E-state index in [2.05, 4.69) is 4.99 Å². The number of carbonyl (C=O) groups is 2. The van der Waals surface area contributed by atoms with Gasteiger partial charge in [0, 0.05) is 11.8 Å². The molecule has 10 heteroatoms. The largest absolute Gasteiger partial charge is 0.493 e. The molecule has 0 aliphatic carbocycles. The van der Waals surface area contributed by atoms with Crippen molar-refractivity contribution >= 4 is 40.7 Å². The second kappa shape index (κ2) is 9.16. The highest BCUT2D eigenvalue weighted by Gasteiger charge is 2.33. The van der Waals surface area contributed by atoms with Gasteiger partial charge in [-0.05, 0) is 42.1 Å². The first-order valence-corrected chi connectivity index (χ1v) is 11.5. The summed E-state index contributed by atoms with van der Waals surface area (Å²) in [6.07, 6.45) is 1.69. The number of thiophene rings is 1. The van der Waals surface area contributed by atoms with Crippen molar-refractivity contribution in [1.82, 2.24) is 4.57 Å². The number of carbonyl (C=O) groups excluding carboxylic acids is 2. The van der Waals surface area contributed by atoms with Crippen LogP contribution >= 0.6 is 22.7 Å². The van der Waals surface area contributed by atoms with Crippen LogP contribution in [0.5, 0.6) is 11.5 Å². The summed E-state index contributed by atoms with van der Waals surface area (Å²) in [5.41, 5.74) is 1.21. The number of thiazole rings is 1. The summed E-state index contributed by atoms with van der Waals surface area (Å²) in [4.78, 5) is 43.3. The Kier molecular flexibility index (Phi) is 6.30. The molecule has 8 nitrogen and oxygen atoms in total. The lowest BCUT2D eigenvalue weighted by molar-refractivity contribution is -0.136. The topological polar surface area (TPSA) is 96.2 Å². The lowest BCUT2D eigenvalue weighted by Gasteiger charge is -2.22. The second-order valence-corrected chi connectivity index (χ2v) is 9.08. The van der Waals surface area contributed by atoms with Crippen LogP contribution in [0.15, 0.2) is 56.8 Å². The number of nitrogens with zero attached hydrogens (tertiary/aromatic N) is 2. The molecule has 33 heavy (non-hydrogen) atoms. The third-order valence-electron chi connectivity index (χ3n) is 4.98. The molecule has 0 unspecified atom stereocenters. The maximum Gasteiger partial charge on any atom is 0.338 e. The molecule has 0 fully saturated rings. The zero-order valence-electron chi connectivity index (χ0n) is 18.3. The average Bonchev–Trinajstić information content (AvgIpc) is 3.41. The Balaban J connectivity index is 1.89. The fourth-order valence-corrected chi connectivity index (χ4v) is 5.45. The Morgan fingerprint density at radius 2 is 1.97 bits per heavy atom. The van der Waals surface area contributed by atoms with Gasteiger partial charge in [-0.2, -0.15) is 0 Å². The molecule has 0 N–H and O–H groups in total. The molecule has 0 saturated carbocycles. The van der Waals surface area contributed by atoms with Gasteiger partial charge < -0.3 is 14.2 Å². The molecular formula is C23H20N2O6S2. The number of benzene rings is 1. The summed E-state index contributed by atoms with van der Waals surface area (Å²) in [6, 6.07) is 8.17. The highest BCUT2D eigenvalue weighted by atomic mass is 32.1. The Morgan fingerprint density at radius 1 is 1.18 bits per heavy atom. The van der Waals surface area contributed by atoms with E-state index in [0.717, 1.165) is 4.88 Å². The predicted molar refractivity (Wildman–Crippen MR) is 124 cm³/mol. The van der Waals surface area contributed by atoms with Crippen LogP contribution in [-0.2, 0) is 14.3 Å². The first-order chi connectivity index (χ1) is 15.8. The zero-order chi connectivity index (χ0) is 23.7. The molecule has 2 aromatic heterocycles. The quantitative estimate of drug-likeness (QED) is 0.408. The zero-order valence-corrected chi connectivity index (χ0v) is 19.9. The molecule has 0 bridgehead atoms. The molecule has 0 spiro atoms. The van der Waals surface area contributed by atoms with Gasteiger partial charge in [0.05, 0.1) is 30.0 Å². The molecule has 1 aromatic carbocycles. The number of hydrogen-bond donors (Lipinski definition) is 0. The van der Waals surface area contributed by atoms with Gasteiger partial charge in [-0.3, -0.25) is 14.2 Å². The number of esters is 2. The smallest absolute Gasteiger partial charge is 0.338 e. The summed E-state index contributed by atoms with van der Waals surface area (Å²) >= 11 is 2.67. The van der Waals surface area contributed by atoms with Gasteiger partial charge in [-0.1, -0.05) is 23.5 Å². The highest BCUT2D eigenvalue weighted by Crippen LogP contribution is 2.33. The van der Waals surface area contributed by atoms with Crippen molar-refractivity contribution in [1.29, 1.82) is 0 Å². The Bertz CT molecular complexity index is 1450. The molecule has 3 aromatic rings. The van der Waals surface area contributed by atoms with Crippen LogP contribution in [0.4, 0.5) is 0 Å². The summed E-state index contributed by atoms with van der Waals surface area (Å²) in [5, 5.41) is 1.89. The number of fused-ring (bicyclic) bond motifs is 1. The average molecular weight is 485 g/mol. The summed E-state index contributed by atoms with van der Waals surface area (Å²) in [5.74, 6) is -0.344. The summed E-state index contributed by atoms with van der Waals surface area (Å²) < 4.78 is 17.4. The van der Waals surface area contributed by atoms with E-state index in [1.807, 2.05) is 17.5 Å². The fourth-order valence-electron chi connectivity index (χ4n) is 3.58. The van der Waals surface area contributed by atoms with Gasteiger partial charge in [0.25, 0.3) is 5.56 Å². The number of methoxy groups -OCH3 is 2. The molecule has 1 aliphatic heterocycles. The number of hydrogen-bond acceptors (Lipinski definition) is 9. The van der Waals surface area contributed by atoms with E-state index < -0.39 is 18.0 Å². The normalized spacial score (nSPS) is 15.6. The molecule has 0 amide bonds. The van der Waals surface area contributed by atoms with Crippen LogP contribution in [0.1, 0.15) is 30.3 Å². The number of aromatic nitrogens is 1. The number of rotatable bonds is 5. The van der Waals surface area contributed by atoms with Crippen LogP contribution in [0, 0.1) is 0 Å². The SMILES string of the molecule is COC(=O)C1=C(C)N=c2s/c(=C/c3ccc(OC)c(OC(C)=O)c3)c(=O)n2[C@H]1c1cccs1. The minimum atomic E-state index is -0.622. The Morgan fingerprint density at radius 3 is 2.61 bits per heavy atom. The van der Waals surface area contributed by atoms with Crippen molar-refractivity contribution < 1.29 is 23.8 Å². The van der Waals surface area contributed by atoms with E-state index in [0.29, 0.717) is 31.9 Å². The first kappa shape index (κ1) is 22.7. The second-order valence-electron chi connectivity index (χ2n) is 7.09. The highest BCUT2D eigenvalue weighted by molar-refractivity contribution is 7.10. The van der Waals surface area contributed by atoms with E-state index in [1.165, 1.54) is 48.4 Å². The van der Waals surface area contributed by atoms with Crippen LogP contribution in [0.25, 0.3) is 6.08 Å². The van der Waals surface area contributed by atoms with Crippen molar-refractivity contribution in [2.45, 2.75) is 19.9 Å². The molecule has 0 radical (unpaired) electrons. The van der Waals surface area contributed by atoms with Gasteiger partial charge in [-0.15, -0.1) is 11.3 Å². The monoisotopic (exact) mass is 484 g/mol. The fraction of sp³-hybridized carbons (Fsp3) is 0.217. The van der Waals surface area contributed by atoms with Gasteiger partial charge in [0.1, 0.15) is 6.04 Å². The summed E-state index contributed by atoms with van der Waals surface area (Å²) in [7, 11) is 2.79. The molecule has 4 rings (SSSR count). The summed E-state index contributed by atoms with van der Waals surface area (Å²) in [6.45, 7) is 3.04. The third-order valence-corrected chi connectivity index (χ3v) is 6.89.